The number of rotatable bonds is 1. The van der Waals surface area contributed by atoms with Gasteiger partial charge in [-0.05, 0) is 30.7 Å². The van der Waals surface area contributed by atoms with Gasteiger partial charge in [0.1, 0.15) is 23.6 Å². The standard InChI is InChI=1S/C14H12N6S/c1-8-2-3-9-10(4-8)21-14-12(9)13(16-6-17-14)20-7-18-19-11(20)5-15/h6-8H,2-4H2,1H3/t8-/m1/s1. The zero-order chi connectivity index (χ0) is 14.4. The van der Waals surface area contributed by atoms with Gasteiger partial charge in [0, 0.05) is 4.88 Å². The number of fused-ring (bicyclic) bond motifs is 3. The van der Waals surface area contributed by atoms with Gasteiger partial charge in [-0.25, -0.2) is 9.97 Å². The molecule has 104 valence electrons. The summed E-state index contributed by atoms with van der Waals surface area (Å²) in [4.78, 5) is 11.2. The average molecular weight is 296 g/mol. The van der Waals surface area contributed by atoms with Crippen molar-refractivity contribution in [2.75, 3.05) is 0 Å². The van der Waals surface area contributed by atoms with Gasteiger partial charge in [0.25, 0.3) is 0 Å². The van der Waals surface area contributed by atoms with Crippen LogP contribution in [0.3, 0.4) is 0 Å². The number of aromatic nitrogens is 5. The molecule has 0 spiro atoms. The normalized spacial score (nSPS) is 17.6. The number of hydrogen-bond donors (Lipinski definition) is 0. The van der Waals surface area contributed by atoms with Gasteiger partial charge in [-0.1, -0.05) is 6.92 Å². The van der Waals surface area contributed by atoms with Crippen molar-refractivity contribution in [2.45, 2.75) is 26.2 Å². The van der Waals surface area contributed by atoms with E-state index in [1.165, 1.54) is 23.2 Å². The zero-order valence-electron chi connectivity index (χ0n) is 11.4. The third-order valence-electron chi connectivity index (χ3n) is 3.95. The Morgan fingerprint density at radius 1 is 1.43 bits per heavy atom. The monoisotopic (exact) mass is 296 g/mol. The Kier molecular flexibility index (Phi) is 2.72. The smallest absolute Gasteiger partial charge is 0.240 e. The Morgan fingerprint density at radius 3 is 3.19 bits per heavy atom. The van der Waals surface area contributed by atoms with E-state index in [2.05, 4.69) is 33.2 Å². The summed E-state index contributed by atoms with van der Waals surface area (Å²) in [5, 5.41) is 17.8. The summed E-state index contributed by atoms with van der Waals surface area (Å²) in [5.74, 6) is 1.68. The first kappa shape index (κ1) is 12.4. The van der Waals surface area contributed by atoms with Gasteiger partial charge in [-0.2, -0.15) is 5.26 Å². The Bertz CT molecular complexity index is 871. The highest BCUT2D eigenvalue weighted by Gasteiger charge is 2.24. The van der Waals surface area contributed by atoms with E-state index in [1.54, 1.807) is 22.2 Å². The molecule has 1 aliphatic carbocycles. The van der Waals surface area contributed by atoms with Crippen molar-refractivity contribution >= 4 is 21.6 Å². The summed E-state index contributed by atoms with van der Waals surface area (Å²) < 4.78 is 1.65. The second-order valence-corrected chi connectivity index (χ2v) is 6.45. The third-order valence-corrected chi connectivity index (χ3v) is 5.11. The van der Waals surface area contributed by atoms with Gasteiger partial charge in [-0.15, -0.1) is 21.5 Å². The predicted octanol–water partition coefficient (Wildman–Crippen LogP) is 2.27. The number of nitrogens with zero attached hydrogens (tertiary/aromatic N) is 6. The van der Waals surface area contributed by atoms with Crippen LogP contribution >= 0.6 is 11.3 Å². The second-order valence-electron chi connectivity index (χ2n) is 5.37. The van der Waals surface area contributed by atoms with E-state index < -0.39 is 0 Å². The molecule has 0 unspecified atom stereocenters. The topological polar surface area (TPSA) is 80.3 Å². The number of hydrogen-bond acceptors (Lipinski definition) is 6. The van der Waals surface area contributed by atoms with Crippen LogP contribution in [0.5, 0.6) is 0 Å². The van der Waals surface area contributed by atoms with Gasteiger partial charge in [-0.3, -0.25) is 4.57 Å². The van der Waals surface area contributed by atoms with Gasteiger partial charge >= 0.3 is 0 Å². The molecule has 0 N–H and O–H groups in total. The minimum absolute atomic E-state index is 0.249. The maximum atomic E-state index is 9.15. The molecule has 3 aromatic rings. The second kappa shape index (κ2) is 4.60. The molecule has 0 aliphatic heterocycles. The summed E-state index contributed by atoms with van der Waals surface area (Å²) in [6.07, 6.45) is 6.41. The van der Waals surface area contributed by atoms with Crippen LogP contribution < -0.4 is 0 Å². The van der Waals surface area contributed by atoms with Crippen molar-refractivity contribution in [2.24, 2.45) is 5.92 Å². The fourth-order valence-corrected chi connectivity index (χ4v) is 4.25. The molecule has 0 radical (unpaired) electrons. The molecule has 6 nitrogen and oxygen atoms in total. The van der Waals surface area contributed by atoms with Crippen LogP contribution in [0.4, 0.5) is 0 Å². The molecule has 0 saturated heterocycles. The quantitative estimate of drug-likeness (QED) is 0.688. The SMILES string of the molecule is C[C@@H]1CCc2c(sc3ncnc(-n4cnnc4C#N)c23)C1. The first-order valence-electron chi connectivity index (χ1n) is 6.83. The first-order valence-corrected chi connectivity index (χ1v) is 7.65. The number of nitriles is 1. The molecule has 0 amide bonds. The molecular weight excluding hydrogens is 284 g/mol. The Labute approximate surface area is 125 Å². The lowest BCUT2D eigenvalue weighted by Gasteiger charge is -2.18. The molecule has 0 fully saturated rings. The lowest BCUT2D eigenvalue weighted by Crippen LogP contribution is -2.09. The summed E-state index contributed by atoms with van der Waals surface area (Å²) >= 11 is 1.74. The van der Waals surface area contributed by atoms with Crippen molar-refractivity contribution < 1.29 is 0 Å². The zero-order valence-corrected chi connectivity index (χ0v) is 12.3. The highest BCUT2D eigenvalue weighted by molar-refractivity contribution is 7.18. The van der Waals surface area contributed by atoms with E-state index in [-0.39, 0.29) is 5.82 Å². The van der Waals surface area contributed by atoms with Gasteiger partial charge in [0.05, 0.1) is 5.39 Å². The van der Waals surface area contributed by atoms with Crippen molar-refractivity contribution in [1.29, 1.82) is 5.26 Å². The summed E-state index contributed by atoms with van der Waals surface area (Å²) in [6.45, 7) is 2.29. The Morgan fingerprint density at radius 2 is 2.33 bits per heavy atom. The number of aryl methyl sites for hydroxylation is 1. The average Bonchev–Trinajstić information content (AvgIpc) is 3.09. The lowest BCUT2D eigenvalue weighted by molar-refractivity contribution is 0.509. The third kappa shape index (κ3) is 1.83. The lowest BCUT2D eigenvalue weighted by atomic mass is 9.89. The molecule has 0 aromatic carbocycles. The highest BCUT2D eigenvalue weighted by atomic mass is 32.1. The maximum absolute atomic E-state index is 9.15. The van der Waals surface area contributed by atoms with Gasteiger partial charge in [0.2, 0.25) is 5.82 Å². The van der Waals surface area contributed by atoms with Crippen LogP contribution in [0.25, 0.3) is 16.0 Å². The summed E-state index contributed by atoms with van der Waals surface area (Å²) in [6, 6.07) is 2.05. The number of thiophene rings is 1. The maximum Gasteiger partial charge on any atom is 0.240 e. The fourth-order valence-electron chi connectivity index (χ4n) is 2.91. The van der Waals surface area contributed by atoms with E-state index >= 15 is 0 Å². The molecule has 3 aromatic heterocycles. The van der Waals surface area contributed by atoms with Crippen molar-refractivity contribution in [1.82, 2.24) is 24.7 Å². The summed E-state index contributed by atoms with van der Waals surface area (Å²) in [5.41, 5.74) is 1.33. The minimum Gasteiger partial charge on any atom is -0.256 e. The van der Waals surface area contributed by atoms with E-state index in [0.29, 0.717) is 11.7 Å². The minimum atomic E-state index is 0.249. The molecule has 7 heteroatoms. The molecule has 1 atom stereocenters. The van der Waals surface area contributed by atoms with Crippen LogP contribution in [-0.4, -0.2) is 24.7 Å². The van der Waals surface area contributed by atoms with Crippen molar-refractivity contribution in [3.63, 3.8) is 0 Å². The van der Waals surface area contributed by atoms with Crippen LogP contribution in [0.1, 0.15) is 29.6 Å². The fraction of sp³-hybridized carbons (Fsp3) is 0.357. The first-order chi connectivity index (χ1) is 10.3. The largest absolute Gasteiger partial charge is 0.256 e. The van der Waals surface area contributed by atoms with Gasteiger partial charge in [0.15, 0.2) is 5.82 Å². The van der Waals surface area contributed by atoms with E-state index in [9.17, 15) is 0 Å². The molecule has 0 saturated carbocycles. The van der Waals surface area contributed by atoms with Crippen LogP contribution in [0.15, 0.2) is 12.7 Å². The van der Waals surface area contributed by atoms with Gasteiger partial charge < -0.3 is 0 Å². The Balaban J connectivity index is 2.01. The van der Waals surface area contributed by atoms with Crippen molar-refractivity contribution in [3.8, 4) is 11.9 Å². The molecule has 21 heavy (non-hydrogen) atoms. The summed E-state index contributed by atoms with van der Waals surface area (Å²) in [7, 11) is 0. The molecule has 4 rings (SSSR count). The Hall–Kier alpha value is -2.33. The molecule has 0 bridgehead atoms. The molecule has 3 heterocycles. The van der Waals surface area contributed by atoms with Crippen LogP contribution in [0.2, 0.25) is 0 Å². The molecule has 1 aliphatic rings. The molecular formula is C14H12N6S. The van der Waals surface area contributed by atoms with E-state index in [0.717, 1.165) is 23.1 Å². The van der Waals surface area contributed by atoms with E-state index in [1.807, 2.05) is 0 Å². The van der Waals surface area contributed by atoms with E-state index in [4.69, 9.17) is 5.26 Å². The van der Waals surface area contributed by atoms with Crippen LogP contribution in [0, 0.1) is 17.2 Å². The van der Waals surface area contributed by atoms with Crippen LogP contribution in [-0.2, 0) is 12.8 Å². The highest BCUT2D eigenvalue weighted by Crippen LogP contribution is 2.39. The predicted molar refractivity (Wildman–Crippen MR) is 78.2 cm³/mol. The van der Waals surface area contributed by atoms with Crippen molar-refractivity contribution in [3.05, 3.63) is 28.9 Å².